The summed E-state index contributed by atoms with van der Waals surface area (Å²) in [4.78, 5) is 2.03. The molecule has 2 atom stereocenters. The Bertz CT molecular complexity index is 353. The maximum atomic E-state index is 13.1. The van der Waals surface area contributed by atoms with Crippen molar-refractivity contribution in [2.75, 3.05) is 24.7 Å². The van der Waals surface area contributed by atoms with Gasteiger partial charge in [-0.15, -0.1) is 0 Å². The molecule has 0 aliphatic carbocycles. The fraction of sp³-hybridized carbons (Fsp3) is 0.538. The fourth-order valence-electron chi connectivity index (χ4n) is 2.15. The summed E-state index contributed by atoms with van der Waals surface area (Å²) in [6.45, 7) is 0.741. The molecule has 17 heavy (non-hydrogen) atoms. The van der Waals surface area contributed by atoms with Gasteiger partial charge in [0.25, 0.3) is 0 Å². The molecule has 1 fully saturated rings. The Morgan fingerprint density at radius 1 is 1.35 bits per heavy atom. The Morgan fingerprint density at radius 2 is 2.06 bits per heavy atom. The molecule has 2 rings (SSSR count). The first kappa shape index (κ1) is 12.3. The molecule has 0 unspecified atom stereocenters. The highest BCUT2D eigenvalue weighted by molar-refractivity contribution is 5.48. The molecule has 2 nitrogen and oxygen atoms in total. The first-order valence-corrected chi connectivity index (χ1v) is 5.98. The summed E-state index contributed by atoms with van der Waals surface area (Å²) >= 11 is 0. The first-order chi connectivity index (χ1) is 8.19. The van der Waals surface area contributed by atoms with Gasteiger partial charge in [-0.1, -0.05) is 12.1 Å². The quantitative estimate of drug-likeness (QED) is 0.873. The van der Waals surface area contributed by atoms with Crippen molar-refractivity contribution in [3.8, 4) is 0 Å². The summed E-state index contributed by atoms with van der Waals surface area (Å²) in [5, 5.41) is 0. The number of nitrogens with zero attached hydrogens (tertiary/aromatic N) is 1. The molecule has 1 saturated heterocycles. The monoisotopic (exact) mass is 240 g/mol. The van der Waals surface area contributed by atoms with Crippen molar-refractivity contribution in [2.45, 2.75) is 25.1 Å². The van der Waals surface area contributed by atoms with Gasteiger partial charge in [0.05, 0.1) is 0 Å². The van der Waals surface area contributed by atoms with E-state index >= 15 is 0 Å². The van der Waals surface area contributed by atoms with Gasteiger partial charge in [-0.05, 0) is 30.5 Å². The van der Waals surface area contributed by atoms with E-state index in [-0.39, 0.29) is 0 Å². The van der Waals surface area contributed by atoms with E-state index in [0.717, 1.165) is 17.8 Å². The van der Waals surface area contributed by atoms with Gasteiger partial charge in [-0.2, -0.15) is 0 Å². The third-order valence-corrected chi connectivity index (χ3v) is 3.13. The van der Waals surface area contributed by atoms with Crippen LogP contribution in [0, 0.1) is 0 Å². The molecule has 0 bridgehead atoms. The Morgan fingerprint density at radius 3 is 2.59 bits per heavy atom. The van der Waals surface area contributed by atoms with Crippen LogP contribution in [0.5, 0.6) is 0 Å². The highest BCUT2D eigenvalue weighted by Crippen LogP contribution is 2.22. The Kier molecular flexibility index (Phi) is 3.94. The van der Waals surface area contributed by atoms with Crippen LogP contribution in [0.4, 0.5) is 14.5 Å². The summed E-state index contributed by atoms with van der Waals surface area (Å²) in [5.41, 5.74) is 7.60. The number of anilines is 1. The number of nitrogens with two attached hydrogens (primary N) is 1. The van der Waals surface area contributed by atoms with E-state index in [4.69, 9.17) is 5.73 Å². The molecule has 0 amide bonds. The second-order valence-corrected chi connectivity index (χ2v) is 4.62. The maximum absolute atomic E-state index is 13.1. The van der Waals surface area contributed by atoms with E-state index < -0.39 is 18.9 Å². The number of hydrogen-bond acceptors (Lipinski definition) is 2. The smallest absolute Gasteiger partial charge is 0.119 e. The zero-order valence-corrected chi connectivity index (χ0v) is 9.78. The SMILES string of the molecule is N[C@H](CF)Cc1ccc(N2CC[C@@H](F)C2)cc1. The van der Waals surface area contributed by atoms with E-state index in [1.165, 1.54) is 0 Å². The van der Waals surface area contributed by atoms with Crippen molar-refractivity contribution in [2.24, 2.45) is 5.73 Å². The lowest BCUT2D eigenvalue weighted by molar-refractivity contribution is 0.364. The van der Waals surface area contributed by atoms with Crippen molar-refractivity contribution < 1.29 is 8.78 Å². The van der Waals surface area contributed by atoms with Crippen molar-refractivity contribution in [1.29, 1.82) is 0 Å². The van der Waals surface area contributed by atoms with Crippen LogP contribution >= 0.6 is 0 Å². The average Bonchev–Trinajstić information content (AvgIpc) is 2.77. The van der Waals surface area contributed by atoms with Gasteiger partial charge in [-0.25, -0.2) is 8.78 Å². The fourth-order valence-corrected chi connectivity index (χ4v) is 2.15. The molecule has 0 radical (unpaired) electrons. The van der Waals surface area contributed by atoms with Crippen molar-refractivity contribution in [1.82, 2.24) is 0 Å². The van der Waals surface area contributed by atoms with Gasteiger partial charge in [0, 0.05) is 24.8 Å². The molecule has 2 N–H and O–H groups in total. The van der Waals surface area contributed by atoms with Crippen LogP contribution < -0.4 is 10.6 Å². The molecule has 1 aliphatic heterocycles. The van der Waals surface area contributed by atoms with E-state index in [0.29, 0.717) is 19.4 Å². The summed E-state index contributed by atoms with van der Waals surface area (Å²) in [6, 6.07) is 7.37. The first-order valence-electron chi connectivity index (χ1n) is 5.98. The van der Waals surface area contributed by atoms with Crippen molar-refractivity contribution >= 4 is 5.69 Å². The second kappa shape index (κ2) is 5.45. The lowest BCUT2D eigenvalue weighted by Crippen LogP contribution is -2.25. The molecule has 4 heteroatoms. The standard InChI is InChI=1S/C13H18F2N2/c14-8-12(16)7-10-1-3-13(4-2-10)17-6-5-11(15)9-17/h1-4,11-12H,5-9,16H2/t11-,12+/m1/s1. The maximum Gasteiger partial charge on any atom is 0.119 e. The Labute approximate surface area is 100 Å². The van der Waals surface area contributed by atoms with Crippen LogP contribution in [-0.4, -0.2) is 32.0 Å². The molecule has 0 saturated carbocycles. The predicted octanol–water partition coefficient (Wildman–Crippen LogP) is 2.07. The summed E-state index contributed by atoms with van der Waals surface area (Å²) < 4.78 is 25.3. The zero-order chi connectivity index (χ0) is 12.3. The molecule has 1 aromatic rings. The minimum Gasteiger partial charge on any atom is -0.369 e. The van der Waals surface area contributed by atoms with Gasteiger partial charge in [0.1, 0.15) is 12.8 Å². The molecular formula is C13H18F2N2. The molecule has 94 valence electrons. The molecule has 1 aromatic carbocycles. The van der Waals surface area contributed by atoms with Gasteiger partial charge in [0.15, 0.2) is 0 Å². The lowest BCUT2D eigenvalue weighted by Gasteiger charge is -2.18. The minimum atomic E-state index is -0.713. The summed E-state index contributed by atoms with van der Waals surface area (Å²) in [6.07, 6.45) is 0.436. The van der Waals surface area contributed by atoms with Gasteiger partial charge in [0.2, 0.25) is 0 Å². The minimum absolute atomic E-state index is 0.428. The van der Waals surface area contributed by atoms with Crippen molar-refractivity contribution in [3.05, 3.63) is 29.8 Å². The van der Waals surface area contributed by atoms with Gasteiger partial charge in [-0.3, -0.25) is 0 Å². The molecule has 1 aliphatic rings. The zero-order valence-electron chi connectivity index (χ0n) is 9.78. The summed E-state index contributed by atoms with van der Waals surface area (Å²) in [5.74, 6) is 0. The Hall–Kier alpha value is -1.16. The lowest BCUT2D eigenvalue weighted by atomic mass is 10.1. The van der Waals surface area contributed by atoms with Crippen LogP contribution in [0.25, 0.3) is 0 Å². The Balaban J connectivity index is 1.98. The molecule has 0 spiro atoms. The van der Waals surface area contributed by atoms with Gasteiger partial charge < -0.3 is 10.6 Å². The number of benzene rings is 1. The van der Waals surface area contributed by atoms with E-state index in [2.05, 4.69) is 0 Å². The highest BCUT2D eigenvalue weighted by Gasteiger charge is 2.21. The molecule has 1 heterocycles. The van der Waals surface area contributed by atoms with E-state index in [1.807, 2.05) is 29.2 Å². The highest BCUT2D eigenvalue weighted by atomic mass is 19.1. The third kappa shape index (κ3) is 3.16. The van der Waals surface area contributed by atoms with Crippen LogP contribution in [0.15, 0.2) is 24.3 Å². The molecule has 0 aromatic heterocycles. The number of alkyl halides is 2. The van der Waals surface area contributed by atoms with Crippen molar-refractivity contribution in [3.63, 3.8) is 0 Å². The van der Waals surface area contributed by atoms with Gasteiger partial charge >= 0.3 is 0 Å². The average molecular weight is 240 g/mol. The number of rotatable bonds is 4. The largest absolute Gasteiger partial charge is 0.369 e. The van der Waals surface area contributed by atoms with E-state index in [9.17, 15) is 8.78 Å². The number of hydrogen-bond donors (Lipinski definition) is 1. The third-order valence-electron chi connectivity index (χ3n) is 3.13. The van der Waals surface area contributed by atoms with Crippen LogP contribution in [-0.2, 0) is 6.42 Å². The van der Waals surface area contributed by atoms with E-state index in [1.54, 1.807) is 0 Å². The van der Waals surface area contributed by atoms with Crippen LogP contribution in [0.2, 0.25) is 0 Å². The topological polar surface area (TPSA) is 29.3 Å². The van der Waals surface area contributed by atoms with Crippen LogP contribution in [0.3, 0.4) is 0 Å². The molecular weight excluding hydrogens is 222 g/mol. The second-order valence-electron chi connectivity index (χ2n) is 4.62. The predicted molar refractivity (Wildman–Crippen MR) is 65.8 cm³/mol. The summed E-state index contributed by atoms with van der Waals surface area (Å²) in [7, 11) is 0. The number of halogens is 2. The normalized spacial score (nSPS) is 21.8. The van der Waals surface area contributed by atoms with Crippen LogP contribution in [0.1, 0.15) is 12.0 Å².